The standard InChI is InChI=1S/C10H13ClS.C2H6/c1-3-9-6-10(12-7-9)5-4-8(2)11;1-2/h4-5,7H,3,6H2,1-2H3;1-2H3/b8-4+,10-5+;. The quantitative estimate of drug-likeness (QED) is 0.606. The molecule has 0 fully saturated rings. The lowest BCUT2D eigenvalue weighted by Gasteiger charge is -1.94. The van der Waals surface area contributed by atoms with Crippen LogP contribution in [0.4, 0.5) is 0 Å². The molecule has 1 rings (SSSR count). The minimum absolute atomic E-state index is 0.841. The SMILES string of the molecule is CC.CCC1=CS/C(=C/C=C(\C)Cl)C1. The van der Waals surface area contributed by atoms with Crippen molar-refractivity contribution in [2.45, 2.75) is 40.5 Å². The molecule has 0 atom stereocenters. The Labute approximate surface area is 97.1 Å². The van der Waals surface area contributed by atoms with Crippen molar-refractivity contribution in [2.24, 2.45) is 0 Å². The first-order chi connectivity index (χ1) is 6.72. The van der Waals surface area contributed by atoms with Crippen LogP contribution >= 0.6 is 23.4 Å². The second kappa shape index (κ2) is 8.19. The first-order valence-corrected chi connectivity index (χ1v) is 6.35. The van der Waals surface area contributed by atoms with Crippen LogP contribution in [0.1, 0.15) is 40.5 Å². The first-order valence-electron chi connectivity index (χ1n) is 5.10. The van der Waals surface area contributed by atoms with E-state index in [1.54, 1.807) is 0 Å². The predicted octanol–water partition coefficient (Wildman–Crippen LogP) is 5.47. The fourth-order valence-electron chi connectivity index (χ4n) is 0.980. The molecule has 0 nitrogen and oxygen atoms in total. The third-order valence-electron chi connectivity index (χ3n) is 1.73. The molecule has 0 unspecified atom stereocenters. The van der Waals surface area contributed by atoms with Crippen LogP contribution < -0.4 is 0 Å². The van der Waals surface area contributed by atoms with Crippen molar-refractivity contribution in [1.82, 2.24) is 0 Å². The summed E-state index contributed by atoms with van der Waals surface area (Å²) in [7, 11) is 0. The van der Waals surface area contributed by atoms with E-state index >= 15 is 0 Å². The largest absolute Gasteiger partial charge is 0.102 e. The maximum Gasteiger partial charge on any atom is 0.0150 e. The van der Waals surface area contributed by atoms with Gasteiger partial charge in [-0.15, -0.1) is 11.8 Å². The van der Waals surface area contributed by atoms with Gasteiger partial charge >= 0.3 is 0 Å². The summed E-state index contributed by atoms with van der Waals surface area (Å²) in [6, 6.07) is 0. The number of rotatable bonds is 2. The molecular weight excluding hydrogens is 212 g/mol. The third kappa shape index (κ3) is 5.56. The van der Waals surface area contributed by atoms with E-state index in [9.17, 15) is 0 Å². The summed E-state index contributed by atoms with van der Waals surface area (Å²) < 4.78 is 0. The maximum atomic E-state index is 5.72. The highest BCUT2D eigenvalue weighted by Gasteiger charge is 2.07. The van der Waals surface area contributed by atoms with E-state index < -0.39 is 0 Å². The van der Waals surface area contributed by atoms with Crippen LogP contribution in [0.25, 0.3) is 0 Å². The minimum Gasteiger partial charge on any atom is -0.102 e. The zero-order valence-corrected chi connectivity index (χ0v) is 11.0. The summed E-state index contributed by atoms with van der Waals surface area (Å²) in [5.74, 6) is 0. The zero-order chi connectivity index (χ0) is 11.0. The molecule has 1 aliphatic heterocycles. The Morgan fingerprint density at radius 2 is 2.21 bits per heavy atom. The number of thioether (sulfide) groups is 1. The Hall–Kier alpha value is -0.140. The van der Waals surface area contributed by atoms with E-state index in [1.807, 2.05) is 38.6 Å². The zero-order valence-electron chi connectivity index (χ0n) is 9.43. The summed E-state index contributed by atoms with van der Waals surface area (Å²) in [5.41, 5.74) is 1.52. The van der Waals surface area contributed by atoms with Crippen LogP contribution in [0.3, 0.4) is 0 Å². The molecule has 0 spiro atoms. The van der Waals surface area contributed by atoms with Gasteiger partial charge in [0.15, 0.2) is 0 Å². The highest BCUT2D eigenvalue weighted by molar-refractivity contribution is 8.06. The smallest absolute Gasteiger partial charge is 0.0150 e. The van der Waals surface area contributed by atoms with Crippen LogP contribution in [0.2, 0.25) is 0 Å². The molecular formula is C12H19ClS. The summed E-state index contributed by atoms with van der Waals surface area (Å²) in [4.78, 5) is 1.40. The summed E-state index contributed by atoms with van der Waals surface area (Å²) in [6.45, 7) is 8.09. The fourth-order valence-corrected chi connectivity index (χ4v) is 2.03. The Morgan fingerprint density at radius 1 is 1.57 bits per heavy atom. The molecule has 0 aromatic heterocycles. The van der Waals surface area contributed by atoms with E-state index in [2.05, 4.69) is 18.4 Å². The van der Waals surface area contributed by atoms with E-state index in [-0.39, 0.29) is 0 Å². The van der Waals surface area contributed by atoms with Gasteiger partial charge in [0.05, 0.1) is 0 Å². The van der Waals surface area contributed by atoms with Crippen LogP contribution in [-0.4, -0.2) is 0 Å². The molecule has 14 heavy (non-hydrogen) atoms. The minimum atomic E-state index is 0.841. The van der Waals surface area contributed by atoms with Gasteiger partial charge in [0.1, 0.15) is 0 Å². The molecule has 0 saturated carbocycles. The molecule has 1 aliphatic rings. The topological polar surface area (TPSA) is 0 Å². The molecule has 0 aromatic rings. The van der Waals surface area contributed by atoms with Gasteiger partial charge in [0, 0.05) is 11.5 Å². The molecule has 80 valence electrons. The van der Waals surface area contributed by atoms with Crippen LogP contribution in [-0.2, 0) is 0 Å². The van der Waals surface area contributed by atoms with E-state index in [4.69, 9.17) is 11.6 Å². The third-order valence-corrected chi connectivity index (χ3v) is 2.89. The van der Waals surface area contributed by atoms with E-state index in [0.717, 1.165) is 17.9 Å². The van der Waals surface area contributed by atoms with Gasteiger partial charge in [-0.3, -0.25) is 0 Å². The normalized spacial score (nSPS) is 19.1. The van der Waals surface area contributed by atoms with Crippen molar-refractivity contribution in [1.29, 1.82) is 0 Å². The van der Waals surface area contributed by atoms with E-state index in [1.165, 1.54) is 10.5 Å². The molecule has 0 radical (unpaired) electrons. The fraction of sp³-hybridized carbons (Fsp3) is 0.500. The first kappa shape index (κ1) is 13.9. The predicted molar refractivity (Wildman–Crippen MR) is 69.6 cm³/mol. The average molecular weight is 231 g/mol. The molecule has 0 aromatic carbocycles. The summed E-state index contributed by atoms with van der Waals surface area (Å²) in [6.07, 6.45) is 6.33. The number of halogens is 1. The van der Waals surface area contributed by atoms with Crippen LogP contribution in [0, 0.1) is 0 Å². The highest BCUT2D eigenvalue weighted by Crippen LogP contribution is 2.35. The van der Waals surface area contributed by atoms with Gasteiger partial charge < -0.3 is 0 Å². The Balaban J connectivity index is 0.000000791. The summed E-state index contributed by atoms with van der Waals surface area (Å²) in [5, 5.41) is 3.08. The monoisotopic (exact) mass is 230 g/mol. The van der Waals surface area contributed by atoms with Crippen molar-refractivity contribution in [3.05, 3.63) is 33.1 Å². The van der Waals surface area contributed by atoms with Gasteiger partial charge in [-0.1, -0.05) is 44.0 Å². The average Bonchev–Trinajstić information content (AvgIpc) is 2.65. The molecule has 0 saturated heterocycles. The van der Waals surface area contributed by atoms with Crippen molar-refractivity contribution in [3.8, 4) is 0 Å². The van der Waals surface area contributed by atoms with Crippen molar-refractivity contribution in [2.75, 3.05) is 0 Å². The van der Waals surface area contributed by atoms with Crippen LogP contribution in [0.15, 0.2) is 33.1 Å². The van der Waals surface area contributed by atoms with Crippen LogP contribution in [0.5, 0.6) is 0 Å². The molecule has 0 N–H and O–H groups in total. The highest BCUT2D eigenvalue weighted by atomic mass is 35.5. The Kier molecular flexibility index (Phi) is 8.11. The molecule has 0 bridgehead atoms. The van der Waals surface area contributed by atoms with Gasteiger partial charge in [0.25, 0.3) is 0 Å². The number of hydrogen-bond acceptors (Lipinski definition) is 1. The van der Waals surface area contributed by atoms with Gasteiger partial charge in [-0.25, -0.2) is 0 Å². The second-order valence-electron chi connectivity index (χ2n) is 2.81. The Morgan fingerprint density at radius 3 is 2.64 bits per heavy atom. The van der Waals surface area contributed by atoms with E-state index in [0.29, 0.717) is 0 Å². The lowest BCUT2D eigenvalue weighted by Crippen LogP contribution is -1.74. The molecule has 0 aliphatic carbocycles. The maximum absolute atomic E-state index is 5.72. The number of hydrogen-bond donors (Lipinski definition) is 0. The van der Waals surface area contributed by atoms with Crippen molar-refractivity contribution >= 4 is 23.4 Å². The lowest BCUT2D eigenvalue weighted by molar-refractivity contribution is 1.04. The molecule has 2 heteroatoms. The lowest BCUT2D eigenvalue weighted by atomic mass is 10.1. The van der Waals surface area contributed by atoms with Crippen molar-refractivity contribution in [3.63, 3.8) is 0 Å². The van der Waals surface area contributed by atoms with Gasteiger partial charge in [0.2, 0.25) is 0 Å². The summed E-state index contributed by atoms with van der Waals surface area (Å²) >= 11 is 7.53. The molecule has 0 amide bonds. The Bertz CT molecular complexity index is 245. The number of allylic oxidation sites excluding steroid dienone is 5. The van der Waals surface area contributed by atoms with Crippen molar-refractivity contribution < 1.29 is 0 Å². The van der Waals surface area contributed by atoms with Gasteiger partial charge in [-0.2, -0.15) is 0 Å². The molecule has 1 heterocycles. The second-order valence-corrected chi connectivity index (χ2v) is 4.40. The van der Waals surface area contributed by atoms with Gasteiger partial charge in [-0.05, 0) is 29.7 Å².